The van der Waals surface area contributed by atoms with Gasteiger partial charge in [0.1, 0.15) is 6.61 Å². The summed E-state index contributed by atoms with van der Waals surface area (Å²) < 4.78 is 10.1. The third-order valence-electron chi connectivity index (χ3n) is 2.91. The van der Waals surface area contributed by atoms with E-state index in [1.54, 1.807) is 7.11 Å². The summed E-state index contributed by atoms with van der Waals surface area (Å²) in [5.74, 6) is 0.784. The number of rotatable bonds is 4. The number of likely N-dealkylation sites (tertiary alicyclic amines) is 1. The van der Waals surface area contributed by atoms with E-state index in [0.29, 0.717) is 12.6 Å². The lowest BCUT2D eigenvalue weighted by atomic mass is 10.1. The zero-order valence-electron chi connectivity index (χ0n) is 9.69. The number of methoxy groups -OCH3 is 1. The summed E-state index contributed by atoms with van der Waals surface area (Å²) in [6.07, 6.45) is 2.14. The first-order valence-corrected chi connectivity index (χ1v) is 5.69. The van der Waals surface area contributed by atoms with Crippen LogP contribution in [0.5, 0.6) is 0 Å². The normalized spacial score (nSPS) is 19.1. The summed E-state index contributed by atoms with van der Waals surface area (Å²) in [6, 6.07) is 2.33. The molecule has 2 rings (SSSR count). The zero-order chi connectivity index (χ0) is 11.4. The molecule has 16 heavy (non-hydrogen) atoms. The van der Waals surface area contributed by atoms with E-state index in [2.05, 4.69) is 10.1 Å². The second-order valence-electron chi connectivity index (χ2n) is 4.33. The van der Waals surface area contributed by atoms with Crippen LogP contribution in [0.2, 0.25) is 0 Å². The Kier molecular flexibility index (Phi) is 3.93. The van der Waals surface area contributed by atoms with Crippen LogP contribution in [0.25, 0.3) is 0 Å². The SMILES string of the molecule is COCc1cc(CN2CCC(N)CC2)no1. The molecule has 1 aliphatic heterocycles. The lowest BCUT2D eigenvalue weighted by Gasteiger charge is -2.29. The maximum Gasteiger partial charge on any atom is 0.162 e. The van der Waals surface area contributed by atoms with E-state index in [1.165, 1.54) is 0 Å². The van der Waals surface area contributed by atoms with E-state index in [4.69, 9.17) is 15.0 Å². The van der Waals surface area contributed by atoms with Crippen LogP contribution in [0.4, 0.5) is 0 Å². The Morgan fingerprint density at radius 2 is 2.31 bits per heavy atom. The van der Waals surface area contributed by atoms with Crippen molar-refractivity contribution < 1.29 is 9.26 Å². The van der Waals surface area contributed by atoms with Crippen LogP contribution < -0.4 is 5.73 Å². The largest absolute Gasteiger partial charge is 0.377 e. The molecule has 2 heterocycles. The quantitative estimate of drug-likeness (QED) is 0.819. The number of hydrogen-bond acceptors (Lipinski definition) is 5. The Bertz CT molecular complexity index is 319. The number of ether oxygens (including phenoxy) is 1. The van der Waals surface area contributed by atoms with Crippen molar-refractivity contribution in [3.8, 4) is 0 Å². The molecule has 5 heteroatoms. The topological polar surface area (TPSA) is 64.5 Å². The van der Waals surface area contributed by atoms with Crippen LogP contribution in [0.3, 0.4) is 0 Å². The smallest absolute Gasteiger partial charge is 0.162 e. The summed E-state index contributed by atoms with van der Waals surface area (Å²) in [5.41, 5.74) is 6.83. The number of nitrogens with zero attached hydrogens (tertiary/aromatic N) is 2. The van der Waals surface area contributed by atoms with Crippen molar-refractivity contribution in [2.45, 2.75) is 32.0 Å². The average Bonchev–Trinajstić information content (AvgIpc) is 2.70. The van der Waals surface area contributed by atoms with E-state index in [0.717, 1.165) is 43.9 Å². The maximum absolute atomic E-state index is 5.86. The Morgan fingerprint density at radius 3 is 3.00 bits per heavy atom. The van der Waals surface area contributed by atoms with Gasteiger partial charge < -0.3 is 15.0 Å². The van der Waals surface area contributed by atoms with Crippen LogP contribution in [0.15, 0.2) is 10.6 Å². The van der Waals surface area contributed by atoms with Crippen molar-refractivity contribution in [1.29, 1.82) is 0 Å². The third kappa shape index (κ3) is 3.04. The average molecular weight is 225 g/mol. The van der Waals surface area contributed by atoms with Crippen LogP contribution in [0.1, 0.15) is 24.3 Å². The first-order valence-electron chi connectivity index (χ1n) is 5.69. The Balaban J connectivity index is 1.83. The summed E-state index contributed by atoms with van der Waals surface area (Å²) in [4.78, 5) is 2.36. The summed E-state index contributed by atoms with van der Waals surface area (Å²) in [5, 5.41) is 4.02. The van der Waals surface area contributed by atoms with Crippen LogP contribution in [-0.4, -0.2) is 36.3 Å². The van der Waals surface area contributed by atoms with Gasteiger partial charge in [0.25, 0.3) is 0 Å². The molecule has 0 amide bonds. The molecule has 1 aliphatic rings. The summed E-state index contributed by atoms with van der Waals surface area (Å²) in [6.45, 7) is 3.43. The molecule has 0 aromatic carbocycles. The van der Waals surface area contributed by atoms with E-state index >= 15 is 0 Å². The summed E-state index contributed by atoms with van der Waals surface area (Å²) in [7, 11) is 1.65. The fourth-order valence-corrected chi connectivity index (χ4v) is 1.98. The Morgan fingerprint density at radius 1 is 1.56 bits per heavy atom. The van der Waals surface area contributed by atoms with Gasteiger partial charge >= 0.3 is 0 Å². The number of nitrogens with two attached hydrogens (primary N) is 1. The molecule has 1 saturated heterocycles. The molecule has 5 nitrogen and oxygen atoms in total. The highest BCUT2D eigenvalue weighted by molar-refractivity contribution is 5.04. The predicted molar refractivity (Wildman–Crippen MR) is 59.7 cm³/mol. The van der Waals surface area contributed by atoms with Gasteiger partial charge in [0, 0.05) is 38.9 Å². The van der Waals surface area contributed by atoms with Gasteiger partial charge in [-0.25, -0.2) is 0 Å². The molecule has 0 aliphatic carbocycles. The molecule has 0 radical (unpaired) electrons. The molecule has 2 N–H and O–H groups in total. The highest BCUT2D eigenvalue weighted by Crippen LogP contribution is 2.13. The van der Waals surface area contributed by atoms with Crippen molar-refractivity contribution in [3.05, 3.63) is 17.5 Å². The van der Waals surface area contributed by atoms with Gasteiger partial charge in [-0.1, -0.05) is 5.16 Å². The van der Waals surface area contributed by atoms with Gasteiger partial charge in [-0.05, 0) is 12.8 Å². The number of piperidine rings is 1. The second kappa shape index (κ2) is 5.43. The van der Waals surface area contributed by atoms with Gasteiger partial charge in [-0.15, -0.1) is 0 Å². The van der Waals surface area contributed by atoms with E-state index in [-0.39, 0.29) is 0 Å². The lowest BCUT2D eigenvalue weighted by molar-refractivity contribution is 0.155. The van der Waals surface area contributed by atoms with Gasteiger partial charge in [0.15, 0.2) is 5.76 Å². The number of aromatic nitrogens is 1. The molecule has 90 valence electrons. The molecule has 0 saturated carbocycles. The van der Waals surface area contributed by atoms with E-state index < -0.39 is 0 Å². The van der Waals surface area contributed by atoms with Crippen LogP contribution in [0, 0.1) is 0 Å². The van der Waals surface area contributed by atoms with Gasteiger partial charge in [0.2, 0.25) is 0 Å². The van der Waals surface area contributed by atoms with E-state index in [9.17, 15) is 0 Å². The molecule has 1 fully saturated rings. The highest BCUT2D eigenvalue weighted by Gasteiger charge is 2.17. The Labute approximate surface area is 95.5 Å². The highest BCUT2D eigenvalue weighted by atomic mass is 16.5. The zero-order valence-corrected chi connectivity index (χ0v) is 9.69. The van der Waals surface area contributed by atoms with Crippen molar-refractivity contribution in [2.75, 3.05) is 20.2 Å². The van der Waals surface area contributed by atoms with Gasteiger partial charge in [-0.2, -0.15) is 0 Å². The molecule has 0 atom stereocenters. The Hall–Kier alpha value is -0.910. The van der Waals surface area contributed by atoms with Crippen molar-refractivity contribution in [3.63, 3.8) is 0 Å². The maximum atomic E-state index is 5.86. The minimum Gasteiger partial charge on any atom is -0.377 e. The first-order chi connectivity index (χ1) is 7.78. The molecule has 0 bridgehead atoms. The van der Waals surface area contributed by atoms with Gasteiger partial charge in [0.05, 0.1) is 5.69 Å². The molecule has 0 unspecified atom stereocenters. The first kappa shape index (κ1) is 11.6. The molecular formula is C11H19N3O2. The predicted octanol–water partition coefficient (Wildman–Crippen LogP) is 0.744. The molecule has 1 aromatic heterocycles. The van der Waals surface area contributed by atoms with Gasteiger partial charge in [-0.3, -0.25) is 4.90 Å². The fraction of sp³-hybridized carbons (Fsp3) is 0.727. The molecule has 0 spiro atoms. The monoisotopic (exact) mass is 225 g/mol. The summed E-state index contributed by atoms with van der Waals surface area (Å²) >= 11 is 0. The second-order valence-corrected chi connectivity index (χ2v) is 4.33. The third-order valence-corrected chi connectivity index (χ3v) is 2.91. The van der Waals surface area contributed by atoms with Crippen LogP contribution >= 0.6 is 0 Å². The minimum atomic E-state index is 0.373. The minimum absolute atomic E-state index is 0.373. The van der Waals surface area contributed by atoms with Crippen molar-refractivity contribution in [1.82, 2.24) is 10.1 Å². The van der Waals surface area contributed by atoms with Crippen LogP contribution in [-0.2, 0) is 17.9 Å². The molecular weight excluding hydrogens is 206 g/mol. The van der Waals surface area contributed by atoms with E-state index in [1.807, 2.05) is 6.07 Å². The molecule has 1 aromatic rings. The van der Waals surface area contributed by atoms with Crippen molar-refractivity contribution in [2.24, 2.45) is 5.73 Å². The lowest BCUT2D eigenvalue weighted by Crippen LogP contribution is -2.39. The number of hydrogen-bond donors (Lipinski definition) is 1. The van der Waals surface area contributed by atoms with Crippen molar-refractivity contribution >= 4 is 0 Å². The standard InChI is InChI=1S/C11H19N3O2/c1-15-8-11-6-10(13-16-11)7-14-4-2-9(12)3-5-14/h6,9H,2-5,7-8,12H2,1H3. The fourth-order valence-electron chi connectivity index (χ4n) is 1.98.